The van der Waals surface area contributed by atoms with Gasteiger partial charge in [-0.05, 0) is 12.1 Å². The minimum absolute atomic E-state index is 0.223. The van der Waals surface area contributed by atoms with E-state index in [0.29, 0.717) is 12.4 Å². The minimum Gasteiger partial charge on any atom is -0.496 e. The third-order valence-electron chi connectivity index (χ3n) is 3.71. The first-order chi connectivity index (χ1) is 10.2. The summed E-state index contributed by atoms with van der Waals surface area (Å²) in [7, 11) is 1.62. The Bertz CT molecular complexity index is 674. The highest BCUT2D eigenvalue weighted by Gasteiger charge is 2.34. The first kappa shape index (κ1) is 13.6. The lowest BCUT2D eigenvalue weighted by Gasteiger charge is -2.18. The van der Waals surface area contributed by atoms with Crippen molar-refractivity contribution in [2.45, 2.75) is 6.04 Å². The average Bonchev–Trinajstić information content (AvgIpc) is 2.95. The Morgan fingerprint density at radius 2 is 2.24 bits per heavy atom. The fourth-order valence-corrected chi connectivity index (χ4v) is 2.59. The largest absolute Gasteiger partial charge is 0.496 e. The molecule has 2 unspecified atom stereocenters. The molecule has 2 N–H and O–H groups in total. The van der Waals surface area contributed by atoms with Crippen molar-refractivity contribution in [1.29, 1.82) is 0 Å². The van der Waals surface area contributed by atoms with Crippen LogP contribution < -0.4 is 10.1 Å². The van der Waals surface area contributed by atoms with Gasteiger partial charge in [0.25, 0.3) is 0 Å². The Balaban J connectivity index is 1.96. The second-order valence-corrected chi connectivity index (χ2v) is 4.95. The van der Waals surface area contributed by atoms with Crippen LogP contribution in [0.15, 0.2) is 30.5 Å². The van der Waals surface area contributed by atoms with E-state index in [1.807, 2.05) is 24.3 Å². The van der Waals surface area contributed by atoms with Crippen molar-refractivity contribution >= 4 is 22.6 Å². The molecule has 1 aromatic heterocycles. The highest BCUT2D eigenvalue weighted by Crippen LogP contribution is 2.30. The lowest BCUT2D eigenvalue weighted by atomic mass is 10.0. The summed E-state index contributed by atoms with van der Waals surface area (Å²) in [6.45, 7) is 0.583. The first-order valence-electron chi connectivity index (χ1n) is 6.69. The van der Waals surface area contributed by atoms with E-state index < -0.39 is 11.9 Å². The number of carboxylic acids is 1. The molecule has 3 rings (SSSR count). The molecule has 2 atom stereocenters. The Hall–Kier alpha value is -2.34. The second-order valence-electron chi connectivity index (χ2n) is 4.95. The highest BCUT2D eigenvalue weighted by molar-refractivity contribution is 5.96. The SMILES string of the molecule is COc1cccc2c(NC3COCC3C(=O)O)nccc12. The number of fused-ring (bicyclic) bond motifs is 1. The summed E-state index contributed by atoms with van der Waals surface area (Å²) in [5.41, 5.74) is 0. The van der Waals surface area contributed by atoms with Crippen LogP contribution in [0.1, 0.15) is 0 Å². The summed E-state index contributed by atoms with van der Waals surface area (Å²) in [6, 6.07) is 7.28. The molecular formula is C15H16N2O4. The van der Waals surface area contributed by atoms with Crippen LogP contribution in [0, 0.1) is 5.92 Å². The molecule has 1 aromatic carbocycles. The molecule has 0 bridgehead atoms. The van der Waals surface area contributed by atoms with Gasteiger partial charge in [0.1, 0.15) is 17.5 Å². The van der Waals surface area contributed by atoms with Crippen molar-refractivity contribution < 1.29 is 19.4 Å². The number of nitrogens with zero attached hydrogens (tertiary/aromatic N) is 1. The van der Waals surface area contributed by atoms with Crippen molar-refractivity contribution in [3.8, 4) is 5.75 Å². The summed E-state index contributed by atoms with van der Waals surface area (Å²) in [6.07, 6.45) is 1.68. The molecule has 6 nitrogen and oxygen atoms in total. The van der Waals surface area contributed by atoms with E-state index in [4.69, 9.17) is 9.47 Å². The second kappa shape index (κ2) is 5.57. The zero-order valence-electron chi connectivity index (χ0n) is 11.6. The van der Waals surface area contributed by atoms with E-state index >= 15 is 0 Å². The van der Waals surface area contributed by atoms with Crippen LogP contribution in [0.3, 0.4) is 0 Å². The Kier molecular flexibility index (Phi) is 3.62. The summed E-state index contributed by atoms with van der Waals surface area (Å²) in [5, 5.41) is 14.2. The molecule has 110 valence electrons. The maximum Gasteiger partial charge on any atom is 0.311 e. The first-order valence-corrected chi connectivity index (χ1v) is 6.69. The normalized spacial score (nSPS) is 21.4. The fraction of sp³-hybridized carbons (Fsp3) is 0.333. The molecule has 1 aliphatic heterocycles. The molecule has 1 aliphatic rings. The third kappa shape index (κ3) is 2.50. The van der Waals surface area contributed by atoms with Gasteiger partial charge in [-0.25, -0.2) is 4.98 Å². The number of rotatable bonds is 4. The number of aliphatic carboxylic acids is 1. The molecule has 0 radical (unpaired) electrons. The van der Waals surface area contributed by atoms with Gasteiger partial charge in [-0.2, -0.15) is 0 Å². The van der Waals surface area contributed by atoms with Crippen LogP contribution in [0.4, 0.5) is 5.82 Å². The van der Waals surface area contributed by atoms with E-state index in [0.717, 1.165) is 16.5 Å². The number of pyridine rings is 1. The number of benzene rings is 1. The number of nitrogens with one attached hydrogen (secondary N) is 1. The predicted octanol–water partition coefficient (Wildman–Crippen LogP) is 1.75. The summed E-state index contributed by atoms with van der Waals surface area (Å²) >= 11 is 0. The molecule has 1 fully saturated rings. The summed E-state index contributed by atoms with van der Waals surface area (Å²) in [4.78, 5) is 15.5. The summed E-state index contributed by atoms with van der Waals surface area (Å²) in [5.74, 6) is -0.0148. The van der Waals surface area contributed by atoms with Gasteiger partial charge >= 0.3 is 5.97 Å². The van der Waals surface area contributed by atoms with Crippen molar-refractivity contribution in [1.82, 2.24) is 4.98 Å². The molecular weight excluding hydrogens is 272 g/mol. The van der Waals surface area contributed by atoms with Gasteiger partial charge in [0.2, 0.25) is 0 Å². The van der Waals surface area contributed by atoms with Crippen molar-refractivity contribution in [2.75, 3.05) is 25.6 Å². The van der Waals surface area contributed by atoms with Crippen molar-refractivity contribution in [3.05, 3.63) is 30.5 Å². The molecule has 0 aliphatic carbocycles. The molecule has 21 heavy (non-hydrogen) atoms. The molecule has 0 saturated carbocycles. The van der Waals surface area contributed by atoms with E-state index in [1.54, 1.807) is 13.3 Å². The van der Waals surface area contributed by atoms with E-state index in [9.17, 15) is 9.90 Å². The number of anilines is 1. The van der Waals surface area contributed by atoms with E-state index in [1.165, 1.54) is 0 Å². The van der Waals surface area contributed by atoms with Gasteiger partial charge < -0.3 is 19.9 Å². The lowest BCUT2D eigenvalue weighted by molar-refractivity contribution is -0.141. The van der Waals surface area contributed by atoms with E-state index in [2.05, 4.69) is 10.3 Å². The maximum absolute atomic E-state index is 11.2. The summed E-state index contributed by atoms with van der Waals surface area (Å²) < 4.78 is 10.6. The standard InChI is InChI=1S/C15H16N2O4/c1-20-13-4-2-3-10-9(13)5-6-16-14(10)17-12-8-21-7-11(12)15(18)19/h2-6,11-12H,7-8H2,1H3,(H,16,17)(H,18,19). The van der Waals surface area contributed by atoms with Crippen LogP contribution in [-0.4, -0.2) is 42.4 Å². The number of hydrogen-bond acceptors (Lipinski definition) is 5. The monoisotopic (exact) mass is 288 g/mol. The minimum atomic E-state index is -0.859. The lowest BCUT2D eigenvalue weighted by Crippen LogP contribution is -2.33. The smallest absolute Gasteiger partial charge is 0.311 e. The third-order valence-corrected chi connectivity index (χ3v) is 3.71. The van der Waals surface area contributed by atoms with Gasteiger partial charge in [-0.1, -0.05) is 12.1 Å². The van der Waals surface area contributed by atoms with Crippen molar-refractivity contribution in [3.63, 3.8) is 0 Å². The Morgan fingerprint density at radius 3 is 3.00 bits per heavy atom. The van der Waals surface area contributed by atoms with Gasteiger partial charge in [0.15, 0.2) is 0 Å². The number of carboxylic acid groups (broad SMARTS) is 1. The number of hydrogen-bond donors (Lipinski definition) is 2. The van der Waals surface area contributed by atoms with Crippen LogP contribution in [0.2, 0.25) is 0 Å². The predicted molar refractivity (Wildman–Crippen MR) is 77.7 cm³/mol. The molecule has 0 amide bonds. The number of methoxy groups -OCH3 is 1. The number of ether oxygens (including phenoxy) is 2. The quantitative estimate of drug-likeness (QED) is 0.892. The van der Waals surface area contributed by atoms with Crippen molar-refractivity contribution in [2.24, 2.45) is 5.92 Å². The average molecular weight is 288 g/mol. The van der Waals surface area contributed by atoms with Crippen LogP contribution in [-0.2, 0) is 9.53 Å². The van der Waals surface area contributed by atoms with Gasteiger partial charge in [-0.15, -0.1) is 0 Å². The zero-order chi connectivity index (χ0) is 14.8. The van der Waals surface area contributed by atoms with Crippen LogP contribution in [0.5, 0.6) is 5.75 Å². The molecule has 2 aromatic rings. The molecule has 6 heteroatoms. The van der Waals surface area contributed by atoms with E-state index in [-0.39, 0.29) is 12.6 Å². The number of aromatic nitrogens is 1. The van der Waals surface area contributed by atoms with Gasteiger partial charge in [-0.3, -0.25) is 4.79 Å². The maximum atomic E-state index is 11.2. The Labute approximate surface area is 121 Å². The molecule has 1 saturated heterocycles. The van der Waals surface area contributed by atoms with Gasteiger partial charge in [0, 0.05) is 17.0 Å². The van der Waals surface area contributed by atoms with Crippen LogP contribution >= 0.6 is 0 Å². The molecule has 2 heterocycles. The Morgan fingerprint density at radius 1 is 1.38 bits per heavy atom. The van der Waals surface area contributed by atoms with Gasteiger partial charge in [0.05, 0.1) is 26.4 Å². The topological polar surface area (TPSA) is 80.7 Å². The fourth-order valence-electron chi connectivity index (χ4n) is 2.59. The molecule has 0 spiro atoms. The highest BCUT2D eigenvalue weighted by atomic mass is 16.5. The zero-order valence-corrected chi connectivity index (χ0v) is 11.6. The van der Waals surface area contributed by atoms with Crippen LogP contribution in [0.25, 0.3) is 10.8 Å². The number of carbonyl (C=O) groups is 1.